The van der Waals surface area contributed by atoms with E-state index in [-0.39, 0.29) is 11.5 Å². The zero-order valence-electron chi connectivity index (χ0n) is 12.5. The number of nitro benzene ring substituents is 1. The van der Waals surface area contributed by atoms with Gasteiger partial charge in [0.2, 0.25) is 11.7 Å². The van der Waals surface area contributed by atoms with Gasteiger partial charge in [-0.3, -0.25) is 20.0 Å². The maximum Gasteiger partial charge on any atom is 0.312 e. The molecule has 0 spiro atoms. The van der Waals surface area contributed by atoms with Crippen LogP contribution in [0, 0.1) is 10.1 Å². The quantitative estimate of drug-likeness (QED) is 0.445. The first-order valence-electron chi connectivity index (χ1n) is 7.20. The van der Waals surface area contributed by atoms with E-state index in [1.807, 2.05) is 24.3 Å². The van der Waals surface area contributed by atoms with E-state index in [4.69, 9.17) is 5.73 Å². The Morgan fingerprint density at radius 1 is 1.36 bits per heavy atom. The number of aromatic hydroxyl groups is 1. The highest BCUT2D eigenvalue weighted by Crippen LogP contribution is 2.41. The fourth-order valence-corrected chi connectivity index (χ4v) is 3.33. The summed E-state index contributed by atoms with van der Waals surface area (Å²) in [6, 6.07) is 10.2. The summed E-state index contributed by atoms with van der Waals surface area (Å²) in [7, 11) is 0. The van der Waals surface area contributed by atoms with Gasteiger partial charge in [0.05, 0.1) is 16.0 Å². The first kappa shape index (κ1) is 15.4. The van der Waals surface area contributed by atoms with Crippen LogP contribution in [0.3, 0.4) is 0 Å². The van der Waals surface area contributed by atoms with Crippen LogP contribution in [0.4, 0.5) is 11.6 Å². The molecule has 1 aliphatic rings. The number of phenolic OH excluding ortho intramolecular Hbond substituents is 1. The number of nitro groups is 1. The lowest BCUT2D eigenvalue weighted by atomic mass is 10.1. The molecule has 25 heavy (non-hydrogen) atoms. The van der Waals surface area contributed by atoms with Crippen LogP contribution in [0.15, 0.2) is 45.9 Å². The minimum atomic E-state index is -0.792. The van der Waals surface area contributed by atoms with Gasteiger partial charge in [-0.05, 0) is 18.2 Å². The summed E-state index contributed by atoms with van der Waals surface area (Å²) < 4.78 is 2.18. The molecule has 10 heteroatoms. The number of fused-ring (bicyclic) bond motifs is 3. The number of nitrogens with two attached hydrogens (primary N) is 1. The van der Waals surface area contributed by atoms with E-state index in [9.17, 15) is 15.2 Å². The summed E-state index contributed by atoms with van der Waals surface area (Å²) in [6.45, 7) is 0. The highest BCUT2D eigenvalue weighted by molar-refractivity contribution is 9.10. The second-order valence-corrected chi connectivity index (χ2v) is 6.34. The van der Waals surface area contributed by atoms with Gasteiger partial charge in [0.1, 0.15) is 0 Å². The zero-order valence-corrected chi connectivity index (χ0v) is 14.1. The van der Waals surface area contributed by atoms with Crippen molar-refractivity contribution in [2.75, 3.05) is 5.32 Å². The molecule has 126 valence electrons. The van der Waals surface area contributed by atoms with Gasteiger partial charge in [0.25, 0.3) is 0 Å². The van der Waals surface area contributed by atoms with Crippen molar-refractivity contribution in [2.24, 2.45) is 10.7 Å². The molecule has 0 saturated carbocycles. The predicted molar refractivity (Wildman–Crippen MR) is 95.6 cm³/mol. The van der Waals surface area contributed by atoms with Gasteiger partial charge in [0, 0.05) is 16.1 Å². The number of hydrogen-bond donors (Lipinski definition) is 3. The molecule has 0 bridgehead atoms. The number of phenols is 1. The summed E-state index contributed by atoms with van der Waals surface area (Å²) in [5, 5.41) is 24.5. The molecule has 1 aromatic heterocycles. The summed E-state index contributed by atoms with van der Waals surface area (Å²) in [4.78, 5) is 19.3. The van der Waals surface area contributed by atoms with Crippen LogP contribution in [-0.2, 0) is 0 Å². The monoisotopic (exact) mass is 402 g/mol. The van der Waals surface area contributed by atoms with Crippen LogP contribution in [0.25, 0.3) is 11.0 Å². The molecule has 4 N–H and O–H groups in total. The molecule has 1 atom stereocenters. The number of imidazole rings is 1. The molecule has 0 amide bonds. The van der Waals surface area contributed by atoms with Crippen LogP contribution in [0.1, 0.15) is 11.7 Å². The number of nitrogens with zero attached hydrogens (tertiary/aromatic N) is 4. The number of halogens is 1. The Balaban J connectivity index is 2.01. The Bertz CT molecular complexity index is 1060. The third kappa shape index (κ3) is 2.38. The summed E-state index contributed by atoms with van der Waals surface area (Å²) in [5.74, 6) is 0.0935. The minimum absolute atomic E-state index is 0.106. The smallest absolute Gasteiger partial charge is 0.312 e. The molecule has 3 aromatic rings. The fraction of sp³-hybridized carbons (Fsp3) is 0.0667. The second kappa shape index (κ2) is 5.45. The first-order valence-corrected chi connectivity index (χ1v) is 7.99. The molecule has 1 aliphatic heterocycles. The average Bonchev–Trinajstić information content (AvgIpc) is 2.93. The predicted octanol–water partition coefficient (Wildman–Crippen LogP) is 2.70. The molecule has 4 rings (SSSR count). The highest BCUT2D eigenvalue weighted by Gasteiger charge is 2.30. The maximum atomic E-state index is 11.2. The number of aromatic nitrogens is 2. The third-order valence-electron chi connectivity index (χ3n) is 3.90. The molecule has 2 heterocycles. The van der Waals surface area contributed by atoms with Gasteiger partial charge in [-0.2, -0.15) is 0 Å². The molecule has 1 unspecified atom stereocenters. The Morgan fingerprint density at radius 3 is 2.88 bits per heavy atom. The number of guanidine groups is 1. The molecule has 0 fully saturated rings. The number of rotatable bonds is 2. The molecule has 9 nitrogen and oxygen atoms in total. The SMILES string of the molecule is NC1=NC(c2cc(Br)cc([N+](=O)[O-])c2O)n2c(nc3ccccc32)N1. The topological polar surface area (TPSA) is 132 Å². The summed E-state index contributed by atoms with van der Waals surface area (Å²) in [5.41, 5.74) is 7.14. The van der Waals surface area contributed by atoms with Crippen molar-refractivity contribution in [1.29, 1.82) is 0 Å². The van der Waals surface area contributed by atoms with Gasteiger partial charge in [0.15, 0.2) is 12.1 Å². The van der Waals surface area contributed by atoms with Crippen molar-refractivity contribution in [3.63, 3.8) is 0 Å². The Labute approximate surface area is 149 Å². The Morgan fingerprint density at radius 2 is 2.12 bits per heavy atom. The van der Waals surface area contributed by atoms with Gasteiger partial charge >= 0.3 is 5.69 Å². The van der Waals surface area contributed by atoms with Crippen molar-refractivity contribution < 1.29 is 10.0 Å². The molecule has 2 aromatic carbocycles. The fourth-order valence-electron chi connectivity index (χ4n) is 2.87. The molecule has 0 radical (unpaired) electrons. The number of anilines is 1. The molecule has 0 saturated heterocycles. The number of hydrogen-bond acceptors (Lipinski definition) is 7. The number of para-hydroxylation sites is 2. The van der Waals surface area contributed by atoms with Crippen molar-refractivity contribution in [3.05, 3.63) is 56.5 Å². The van der Waals surface area contributed by atoms with E-state index in [1.165, 1.54) is 6.07 Å². The van der Waals surface area contributed by atoms with E-state index in [1.54, 1.807) is 10.6 Å². The molecule has 0 aliphatic carbocycles. The third-order valence-corrected chi connectivity index (χ3v) is 4.36. The van der Waals surface area contributed by atoms with Gasteiger partial charge < -0.3 is 10.8 Å². The van der Waals surface area contributed by atoms with Crippen LogP contribution < -0.4 is 11.1 Å². The van der Waals surface area contributed by atoms with Crippen molar-refractivity contribution >= 4 is 44.6 Å². The average molecular weight is 403 g/mol. The minimum Gasteiger partial charge on any atom is -0.502 e. The van der Waals surface area contributed by atoms with Crippen molar-refractivity contribution in [1.82, 2.24) is 9.55 Å². The first-order chi connectivity index (χ1) is 12.0. The van der Waals surface area contributed by atoms with Gasteiger partial charge in [-0.25, -0.2) is 9.98 Å². The van der Waals surface area contributed by atoms with Crippen LogP contribution in [0.2, 0.25) is 0 Å². The van der Waals surface area contributed by atoms with Crippen molar-refractivity contribution in [2.45, 2.75) is 6.17 Å². The Kier molecular flexibility index (Phi) is 3.35. The number of aliphatic imine (C=N–C) groups is 1. The van der Waals surface area contributed by atoms with Crippen LogP contribution in [-0.4, -0.2) is 25.5 Å². The Hall–Kier alpha value is -3.14. The lowest BCUT2D eigenvalue weighted by Crippen LogP contribution is -2.31. The lowest BCUT2D eigenvalue weighted by molar-refractivity contribution is -0.386. The summed E-state index contributed by atoms with van der Waals surface area (Å²) in [6.07, 6.45) is -0.792. The summed E-state index contributed by atoms with van der Waals surface area (Å²) >= 11 is 3.24. The normalized spacial score (nSPS) is 16.2. The van der Waals surface area contributed by atoms with E-state index in [2.05, 4.69) is 31.2 Å². The molecular weight excluding hydrogens is 392 g/mol. The van der Waals surface area contributed by atoms with E-state index in [0.29, 0.717) is 15.9 Å². The van der Waals surface area contributed by atoms with E-state index < -0.39 is 22.5 Å². The lowest BCUT2D eigenvalue weighted by Gasteiger charge is -2.24. The van der Waals surface area contributed by atoms with E-state index >= 15 is 0 Å². The number of benzene rings is 2. The molecular formula is C15H11BrN6O3. The second-order valence-electron chi connectivity index (χ2n) is 5.43. The number of nitrogens with one attached hydrogen (secondary N) is 1. The van der Waals surface area contributed by atoms with Crippen LogP contribution >= 0.6 is 15.9 Å². The van der Waals surface area contributed by atoms with Gasteiger partial charge in [-0.1, -0.05) is 28.1 Å². The van der Waals surface area contributed by atoms with Gasteiger partial charge in [-0.15, -0.1) is 0 Å². The highest BCUT2D eigenvalue weighted by atomic mass is 79.9. The van der Waals surface area contributed by atoms with E-state index in [0.717, 1.165) is 5.52 Å². The zero-order chi connectivity index (χ0) is 17.7. The largest absolute Gasteiger partial charge is 0.502 e. The maximum absolute atomic E-state index is 11.2. The van der Waals surface area contributed by atoms with Crippen LogP contribution in [0.5, 0.6) is 5.75 Å². The standard InChI is InChI=1S/C15H11BrN6O3/c16-7-5-8(12(23)11(6-7)22(24)25)13-19-14(17)20-15-18-9-3-1-2-4-10(9)21(13)15/h1-6,13,23H,(H3,17,18,19,20). The van der Waals surface area contributed by atoms with Crippen molar-refractivity contribution in [3.8, 4) is 5.75 Å².